The lowest BCUT2D eigenvalue weighted by molar-refractivity contribution is -0.185. The van der Waals surface area contributed by atoms with E-state index in [0.717, 1.165) is 16.0 Å². The standard InChI is InChI=1S/C13H16F3NO/c1-9-4-6-11(7-5-9)8-10(2)17(3)12(18)13(14,15)16/h4-7,10H,8H2,1-3H3. The molecule has 1 aromatic carbocycles. The SMILES string of the molecule is Cc1ccc(CC(C)N(C)C(=O)C(F)(F)F)cc1. The Balaban J connectivity index is 2.68. The first kappa shape index (κ1) is 14.5. The monoisotopic (exact) mass is 259 g/mol. The van der Waals surface area contributed by atoms with Crippen molar-refractivity contribution in [2.24, 2.45) is 0 Å². The Morgan fingerprint density at radius 1 is 1.28 bits per heavy atom. The van der Waals surface area contributed by atoms with E-state index in [9.17, 15) is 18.0 Å². The number of likely N-dealkylation sites (N-methyl/N-ethyl adjacent to an activating group) is 1. The predicted octanol–water partition coefficient (Wildman–Crippen LogP) is 2.95. The summed E-state index contributed by atoms with van der Waals surface area (Å²) in [5.41, 5.74) is 2.00. The Kier molecular flexibility index (Phi) is 4.38. The second-order valence-corrected chi connectivity index (χ2v) is 4.45. The van der Waals surface area contributed by atoms with Gasteiger partial charge in [-0.3, -0.25) is 4.79 Å². The smallest absolute Gasteiger partial charge is 0.335 e. The van der Waals surface area contributed by atoms with E-state index in [1.54, 1.807) is 6.92 Å². The molecule has 0 aliphatic rings. The molecule has 0 aromatic heterocycles. The van der Waals surface area contributed by atoms with E-state index in [0.29, 0.717) is 6.42 Å². The van der Waals surface area contributed by atoms with Gasteiger partial charge in [0.1, 0.15) is 0 Å². The number of nitrogens with zero attached hydrogens (tertiary/aromatic N) is 1. The van der Waals surface area contributed by atoms with Gasteiger partial charge < -0.3 is 4.90 Å². The number of hydrogen-bond donors (Lipinski definition) is 0. The normalized spacial score (nSPS) is 13.2. The first-order valence-corrected chi connectivity index (χ1v) is 5.61. The fraction of sp³-hybridized carbons (Fsp3) is 0.462. The molecule has 1 aromatic rings. The van der Waals surface area contributed by atoms with Crippen LogP contribution in [0.15, 0.2) is 24.3 Å². The van der Waals surface area contributed by atoms with Gasteiger partial charge in [0, 0.05) is 13.1 Å². The zero-order valence-electron chi connectivity index (χ0n) is 10.6. The van der Waals surface area contributed by atoms with Gasteiger partial charge in [0.25, 0.3) is 0 Å². The number of rotatable bonds is 3. The number of carbonyl (C=O) groups excluding carboxylic acids is 1. The summed E-state index contributed by atoms with van der Waals surface area (Å²) < 4.78 is 36.8. The molecule has 2 nitrogen and oxygen atoms in total. The minimum Gasteiger partial charge on any atom is -0.335 e. The molecule has 0 heterocycles. The Hall–Kier alpha value is -1.52. The highest BCUT2D eigenvalue weighted by Crippen LogP contribution is 2.20. The van der Waals surface area contributed by atoms with Crippen LogP contribution in [-0.2, 0) is 11.2 Å². The van der Waals surface area contributed by atoms with Crippen LogP contribution in [-0.4, -0.2) is 30.1 Å². The Bertz CT molecular complexity index is 411. The molecule has 0 aliphatic heterocycles. The number of halogens is 3. The van der Waals surface area contributed by atoms with E-state index in [4.69, 9.17) is 0 Å². The molecule has 5 heteroatoms. The number of aryl methyl sites for hydroxylation is 1. The molecule has 100 valence electrons. The predicted molar refractivity (Wildman–Crippen MR) is 63.2 cm³/mol. The number of hydrogen-bond acceptors (Lipinski definition) is 1. The largest absolute Gasteiger partial charge is 0.471 e. The summed E-state index contributed by atoms with van der Waals surface area (Å²) in [4.78, 5) is 11.8. The van der Waals surface area contributed by atoms with E-state index in [1.807, 2.05) is 31.2 Å². The number of benzene rings is 1. The third kappa shape index (κ3) is 3.75. The van der Waals surface area contributed by atoms with Crippen molar-refractivity contribution in [3.05, 3.63) is 35.4 Å². The maximum absolute atomic E-state index is 12.3. The zero-order chi connectivity index (χ0) is 13.9. The summed E-state index contributed by atoms with van der Waals surface area (Å²) >= 11 is 0. The van der Waals surface area contributed by atoms with Crippen LogP contribution < -0.4 is 0 Å². The average molecular weight is 259 g/mol. The quantitative estimate of drug-likeness (QED) is 0.817. The van der Waals surface area contributed by atoms with Gasteiger partial charge >= 0.3 is 12.1 Å². The highest BCUT2D eigenvalue weighted by atomic mass is 19.4. The Morgan fingerprint density at radius 2 is 1.78 bits per heavy atom. The first-order valence-electron chi connectivity index (χ1n) is 5.61. The van der Waals surface area contributed by atoms with Crippen LogP contribution in [0.4, 0.5) is 13.2 Å². The van der Waals surface area contributed by atoms with Gasteiger partial charge in [-0.05, 0) is 25.8 Å². The number of amides is 1. The van der Waals surface area contributed by atoms with Gasteiger partial charge in [0.2, 0.25) is 0 Å². The van der Waals surface area contributed by atoms with Gasteiger partial charge in [-0.25, -0.2) is 0 Å². The van der Waals surface area contributed by atoms with E-state index >= 15 is 0 Å². The van der Waals surface area contributed by atoms with E-state index in [-0.39, 0.29) is 0 Å². The molecule has 0 radical (unpaired) electrons. The van der Waals surface area contributed by atoms with Crippen molar-refractivity contribution >= 4 is 5.91 Å². The third-order valence-corrected chi connectivity index (χ3v) is 2.88. The summed E-state index contributed by atoms with van der Waals surface area (Å²) in [7, 11) is 1.18. The molecule has 1 rings (SSSR count). The van der Waals surface area contributed by atoms with Crippen molar-refractivity contribution in [3.63, 3.8) is 0 Å². The summed E-state index contributed by atoms with van der Waals surface area (Å²) in [5, 5.41) is 0. The van der Waals surface area contributed by atoms with Crippen LogP contribution in [0.3, 0.4) is 0 Å². The molecule has 0 saturated carbocycles. The zero-order valence-corrected chi connectivity index (χ0v) is 10.6. The molecular weight excluding hydrogens is 243 g/mol. The van der Waals surface area contributed by atoms with Crippen LogP contribution in [0.1, 0.15) is 18.1 Å². The van der Waals surface area contributed by atoms with Gasteiger partial charge in [0.15, 0.2) is 0 Å². The number of alkyl halides is 3. The van der Waals surface area contributed by atoms with Crippen LogP contribution in [0.5, 0.6) is 0 Å². The molecule has 0 fully saturated rings. The van der Waals surface area contributed by atoms with E-state index < -0.39 is 18.1 Å². The van der Waals surface area contributed by atoms with Gasteiger partial charge in [-0.1, -0.05) is 29.8 Å². The Labute approximate surface area is 104 Å². The molecule has 18 heavy (non-hydrogen) atoms. The molecule has 0 bridgehead atoms. The topological polar surface area (TPSA) is 20.3 Å². The van der Waals surface area contributed by atoms with Crippen molar-refractivity contribution in [1.29, 1.82) is 0 Å². The first-order chi connectivity index (χ1) is 8.21. The Morgan fingerprint density at radius 3 is 2.22 bits per heavy atom. The summed E-state index contributed by atoms with van der Waals surface area (Å²) in [6, 6.07) is 7.01. The van der Waals surface area contributed by atoms with Crippen molar-refractivity contribution in [2.45, 2.75) is 32.5 Å². The van der Waals surface area contributed by atoms with Crippen LogP contribution in [0.2, 0.25) is 0 Å². The summed E-state index contributed by atoms with van der Waals surface area (Å²) in [6.07, 6.45) is -4.41. The molecule has 1 atom stereocenters. The van der Waals surface area contributed by atoms with Gasteiger partial charge in [-0.15, -0.1) is 0 Å². The van der Waals surface area contributed by atoms with Gasteiger partial charge in [-0.2, -0.15) is 13.2 Å². The number of carbonyl (C=O) groups is 1. The maximum Gasteiger partial charge on any atom is 0.471 e. The molecule has 0 aliphatic carbocycles. The van der Waals surface area contributed by atoms with Crippen molar-refractivity contribution in [3.8, 4) is 0 Å². The highest BCUT2D eigenvalue weighted by Gasteiger charge is 2.42. The second-order valence-electron chi connectivity index (χ2n) is 4.45. The third-order valence-electron chi connectivity index (χ3n) is 2.88. The van der Waals surface area contributed by atoms with Crippen molar-refractivity contribution in [1.82, 2.24) is 4.90 Å². The van der Waals surface area contributed by atoms with E-state index in [1.165, 1.54) is 7.05 Å². The molecular formula is C13H16F3NO. The maximum atomic E-state index is 12.3. The average Bonchev–Trinajstić information content (AvgIpc) is 2.29. The lowest BCUT2D eigenvalue weighted by atomic mass is 10.0. The molecule has 0 spiro atoms. The fourth-order valence-electron chi connectivity index (χ4n) is 1.60. The highest BCUT2D eigenvalue weighted by molar-refractivity contribution is 5.81. The molecule has 0 N–H and O–H groups in total. The second kappa shape index (κ2) is 5.42. The molecule has 0 saturated heterocycles. The van der Waals surface area contributed by atoms with E-state index in [2.05, 4.69) is 0 Å². The molecule has 1 amide bonds. The van der Waals surface area contributed by atoms with Gasteiger partial charge in [0.05, 0.1) is 0 Å². The van der Waals surface area contributed by atoms with Crippen molar-refractivity contribution in [2.75, 3.05) is 7.05 Å². The minimum atomic E-state index is -4.81. The van der Waals surface area contributed by atoms with Crippen LogP contribution >= 0.6 is 0 Å². The minimum absolute atomic E-state index is 0.401. The molecule has 1 unspecified atom stereocenters. The van der Waals surface area contributed by atoms with Crippen molar-refractivity contribution < 1.29 is 18.0 Å². The van der Waals surface area contributed by atoms with Crippen LogP contribution in [0, 0.1) is 6.92 Å². The summed E-state index contributed by atoms with van der Waals surface area (Å²) in [6.45, 7) is 3.54. The van der Waals surface area contributed by atoms with Crippen LogP contribution in [0.25, 0.3) is 0 Å². The fourth-order valence-corrected chi connectivity index (χ4v) is 1.60. The lowest BCUT2D eigenvalue weighted by Gasteiger charge is -2.25. The lowest BCUT2D eigenvalue weighted by Crippen LogP contribution is -2.44. The summed E-state index contributed by atoms with van der Waals surface area (Å²) in [5.74, 6) is -1.80.